The van der Waals surface area contributed by atoms with Crippen molar-refractivity contribution < 1.29 is 18.9 Å². The number of carbonyl (C=O) groups is 2. The molecule has 1 atom stereocenters. The Morgan fingerprint density at radius 2 is 1.77 bits per heavy atom. The number of para-hydroxylation sites is 1. The summed E-state index contributed by atoms with van der Waals surface area (Å²) in [6.07, 6.45) is 4.73. The van der Waals surface area contributed by atoms with Crippen LogP contribution in [-0.4, -0.2) is 31.4 Å². The van der Waals surface area contributed by atoms with Gasteiger partial charge >= 0.3 is 0 Å². The van der Waals surface area contributed by atoms with Crippen LogP contribution in [-0.2, 0) is 11.3 Å². The number of rotatable bonds is 7. The number of furan rings is 1. The van der Waals surface area contributed by atoms with Gasteiger partial charge in [-0.3, -0.25) is 9.59 Å². The van der Waals surface area contributed by atoms with Crippen LogP contribution in [0.4, 0.5) is 5.69 Å². The molecule has 1 aliphatic rings. The molecule has 3 aromatic rings. The fourth-order valence-corrected chi connectivity index (χ4v) is 3.75. The fraction of sp³-hybridized carbons (Fsp3) is 0.200. The lowest BCUT2D eigenvalue weighted by Crippen LogP contribution is -3.13. The summed E-state index contributed by atoms with van der Waals surface area (Å²) in [4.78, 5) is 26.4. The number of benzene rings is 2. The largest absolute Gasteiger partial charge is 0.467 e. The van der Waals surface area contributed by atoms with Crippen LogP contribution < -0.4 is 15.5 Å². The third-order valence-electron chi connectivity index (χ3n) is 5.39. The van der Waals surface area contributed by atoms with Gasteiger partial charge < -0.3 is 20.0 Å². The van der Waals surface area contributed by atoms with Crippen molar-refractivity contribution in [2.45, 2.75) is 13.0 Å². The first kappa shape index (κ1) is 20.6. The van der Waals surface area contributed by atoms with Gasteiger partial charge in [0.15, 0.2) is 6.54 Å². The van der Waals surface area contributed by atoms with Crippen LogP contribution in [0, 0.1) is 0 Å². The van der Waals surface area contributed by atoms with E-state index in [0.717, 1.165) is 19.5 Å². The quantitative estimate of drug-likeness (QED) is 0.554. The van der Waals surface area contributed by atoms with Crippen LogP contribution in [0.2, 0.25) is 0 Å². The predicted molar refractivity (Wildman–Crippen MR) is 120 cm³/mol. The van der Waals surface area contributed by atoms with Crippen molar-refractivity contribution in [2.24, 2.45) is 0 Å². The van der Waals surface area contributed by atoms with E-state index in [1.165, 1.54) is 16.0 Å². The maximum Gasteiger partial charge on any atom is 0.279 e. The van der Waals surface area contributed by atoms with Gasteiger partial charge in [-0.2, -0.15) is 0 Å². The van der Waals surface area contributed by atoms with Crippen molar-refractivity contribution in [2.75, 3.05) is 25.0 Å². The molecule has 1 aromatic heterocycles. The highest BCUT2D eigenvalue weighted by atomic mass is 16.3. The minimum Gasteiger partial charge on any atom is -0.467 e. The minimum atomic E-state index is -0.256. The van der Waals surface area contributed by atoms with Crippen LogP contribution >= 0.6 is 0 Å². The van der Waals surface area contributed by atoms with E-state index in [9.17, 15) is 9.59 Å². The van der Waals surface area contributed by atoms with Gasteiger partial charge in [0.1, 0.15) is 5.76 Å². The van der Waals surface area contributed by atoms with Gasteiger partial charge in [-0.1, -0.05) is 42.5 Å². The molecule has 31 heavy (non-hydrogen) atoms. The molecule has 4 rings (SSSR count). The monoisotopic (exact) mass is 416 g/mol. The lowest BCUT2D eigenvalue weighted by atomic mass is 10.00. The van der Waals surface area contributed by atoms with Gasteiger partial charge in [0, 0.05) is 6.42 Å². The fourth-order valence-electron chi connectivity index (χ4n) is 3.75. The molecule has 0 bridgehead atoms. The van der Waals surface area contributed by atoms with E-state index >= 15 is 0 Å². The summed E-state index contributed by atoms with van der Waals surface area (Å²) < 4.78 is 5.24. The van der Waals surface area contributed by atoms with Crippen LogP contribution in [0.15, 0.2) is 83.5 Å². The van der Waals surface area contributed by atoms with Gasteiger partial charge in [0.25, 0.3) is 11.8 Å². The molecule has 0 spiro atoms. The number of quaternary nitrogens is 1. The van der Waals surface area contributed by atoms with Gasteiger partial charge in [-0.25, -0.2) is 0 Å². The first-order valence-electron chi connectivity index (χ1n) is 10.5. The number of hydrogen-bond acceptors (Lipinski definition) is 3. The molecule has 1 aliphatic heterocycles. The lowest BCUT2D eigenvalue weighted by Gasteiger charge is -2.23. The number of amides is 2. The van der Waals surface area contributed by atoms with Crippen molar-refractivity contribution >= 4 is 23.1 Å². The molecule has 0 fully saturated rings. The van der Waals surface area contributed by atoms with Crippen molar-refractivity contribution in [1.29, 1.82) is 0 Å². The van der Waals surface area contributed by atoms with Crippen LogP contribution in [0.1, 0.15) is 28.1 Å². The molecular weight excluding hydrogens is 390 g/mol. The van der Waals surface area contributed by atoms with Crippen molar-refractivity contribution in [1.82, 2.24) is 5.32 Å². The highest BCUT2D eigenvalue weighted by molar-refractivity contribution is 6.03. The lowest BCUT2D eigenvalue weighted by molar-refractivity contribution is -0.886. The summed E-state index contributed by atoms with van der Waals surface area (Å²) in [5, 5.41) is 5.73. The molecule has 158 valence electrons. The molecule has 0 saturated heterocycles. The molecule has 1 unspecified atom stereocenters. The highest BCUT2D eigenvalue weighted by Gasteiger charge is 2.20. The molecule has 0 radical (unpaired) electrons. The molecule has 0 aliphatic carbocycles. The Kier molecular flexibility index (Phi) is 6.59. The molecular formula is C25H26N3O3+. The Morgan fingerprint density at radius 1 is 0.968 bits per heavy atom. The molecule has 2 aromatic carbocycles. The van der Waals surface area contributed by atoms with E-state index < -0.39 is 0 Å². The first-order chi connectivity index (χ1) is 15.2. The maximum absolute atomic E-state index is 12.7. The third kappa shape index (κ3) is 5.49. The van der Waals surface area contributed by atoms with Crippen LogP contribution in [0.25, 0.3) is 5.57 Å². The summed E-state index contributed by atoms with van der Waals surface area (Å²) in [6.45, 7) is 2.37. The summed E-state index contributed by atoms with van der Waals surface area (Å²) in [5.74, 6) is 0.317. The molecule has 2 heterocycles. The zero-order valence-electron chi connectivity index (χ0n) is 17.3. The average Bonchev–Trinajstić information content (AvgIpc) is 3.33. The smallest absolute Gasteiger partial charge is 0.279 e. The maximum atomic E-state index is 12.7. The third-order valence-corrected chi connectivity index (χ3v) is 5.39. The predicted octanol–water partition coefficient (Wildman–Crippen LogP) is 2.52. The minimum absolute atomic E-state index is 0.0992. The topological polar surface area (TPSA) is 75.8 Å². The van der Waals surface area contributed by atoms with E-state index in [1.54, 1.807) is 36.6 Å². The van der Waals surface area contributed by atoms with Crippen molar-refractivity contribution in [3.8, 4) is 0 Å². The van der Waals surface area contributed by atoms with Gasteiger partial charge in [-0.15, -0.1) is 0 Å². The van der Waals surface area contributed by atoms with Crippen LogP contribution in [0.3, 0.4) is 0 Å². The number of carbonyl (C=O) groups excluding carboxylic acids is 2. The summed E-state index contributed by atoms with van der Waals surface area (Å²) in [7, 11) is 0. The Hall–Kier alpha value is -3.64. The highest BCUT2D eigenvalue weighted by Crippen LogP contribution is 2.18. The average molecular weight is 417 g/mol. The SMILES string of the molecule is O=C(C[NH+]1CC=C(c2ccccc2)CC1)Nc1ccccc1C(=O)NCc1ccco1. The number of nitrogens with one attached hydrogen (secondary N) is 3. The number of anilines is 1. The summed E-state index contributed by atoms with van der Waals surface area (Å²) in [5.41, 5.74) is 3.53. The van der Waals surface area contributed by atoms with Gasteiger partial charge in [0.2, 0.25) is 0 Å². The van der Waals surface area contributed by atoms with Crippen LogP contribution in [0.5, 0.6) is 0 Å². The molecule has 0 saturated carbocycles. The van der Waals surface area contributed by atoms with E-state index in [2.05, 4.69) is 28.8 Å². The molecule has 6 nitrogen and oxygen atoms in total. The van der Waals surface area contributed by atoms with E-state index in [4.69, 9.17) is 4.42 Å². The van der Waals surface area contributed by atoms with Crippen molar-refractivity contribution in [3.63, 3.8) is 0 Å². The zero-order chi connectivity index (χ0) is 21.5. The Balaban J connectivity index is 1.33. The van der Waals surface area contributed by atoms with E-state index in [-0.39, 0.29) is 11.8 Å². The molecule has 3 N–H and O–H groups in total. The van der Waals surface area contributed by atoms with E-state index in [0.29, 0.717) is 30.1 Å². The standard InChI is InChI=1S/C25H25N3O3/c29-24(18-28-14-12-20(13-15-28)19-7-2-1-3-8-19)27-23-11-5-4-10-22(23)25(30)26-17-21-9-6-16-31-21/h1-12,16H,13-15,17-18H2,(H,26,30)(H,27,29)/p+1. The normalized spacial score (nSPS) is 15.7. The second kappa shape index (κ2) is 9.91. The van der Waals surface area contributed by atoms with Crippen molar-refractivity contribution in [3.05, 3.63) is 96.0 Å². The molecule has 6 heteroatoms. The van der Waals surface area contributed by atoms with Gasteiger partial charge in [0.05, 0.1) is 37.1 Å². The number of hydrogen-bond donors (Lipinski definition) is 3. The summed E-state index contributed by atoms with van der Waals surface area (Å²) in [6, 6.07) is 21.0. The summed E-state index contributed by atoms with van der Waals surface area (Å²) >= 11 is 0. The first-order valence-corrected chi connectivity index (χ1v) is 10.5. The second-order valence-electron chi connectivity index (χ2n) is 7.58. The Labute approximate surface area is 181 Å². The molecule has 2 amide bonds. The zero-order valence-corrected chi connectivity index (χ0v) is 17.3. The van der Waals surface area contributed by atoms with Gasteiger partial charge in [-0.05, 0) is 41.5 Å². The Bertz CT molecular complexity index is 1060. The Morgan fingerprint density at radius 3 is 2.52 bits per heavy atom. The second-order valence-corrected chi connectivity index (χ2v) is 7.58. The van der Waals surface area contributed by atoms with E-state index in [1.807, 2.05) is 24.3 Å².